The standard InChI is InChI=1S/C9H14F2O3/c10-6-14-8-4-2-1-3-7(8)13-5-9(11)12/h7-8H,1-6H2. The van der Waals surface area contributed by atoms with Crippen LogP contribution in [0, 0.1) is 0 Å². The molecule has 1 aliphatic rings. The Morgan fingerprint density at radius 3 is 2.29 bits per heavy atom. The summed E-state index contributed by atoms with van der Waals surface area (Å²) in [7, 11) is 0. The van der Waals surface area contributed by atoms with Crippen LogP contribution in [-0.4, -0.2) is 31.7 Å². The molecule has 0 aromatic carbocycles. The van der Waals surface area contributed by atoms with Crippen molar-refractivity contribution in [2.75, 3.05) is 13.5 Å². The van der Waals surface area contributed by atoms with Crippen LogP contribution >= 0.6 is 0 Å². The molecule has 1 rings (SSSR count). The van der Waals surface area contributed by atoms with E-state index in [2.05, 4.69) is 0 Å². The number of hydrogen-bond donors (Lipinski definition) is 0. The molecule has 0 aliphatic heterocycles. The molecule has 0 saturated heterocycles. The molecule has 0 radical (unpaired) electrons. The molecule has 1 fully saturated rings. The van der Waals surface area contributed by atoms with E-state index in [4.69, 9.17) is 9.47 Å². The SMILES string of the molecule is O=C(F)COC1CCCCC1OCF. The number of alkyl halides is 1. The van der Waals surface area contributed by atoms with E-state index in [9.17, 15) is 13.6 Å². The zero-order valence-corrected chi connectivity index (χ0v) is 7.88. The summed E-state index contributed by atoms with van der Waals surface area (Å²) >= 11 is 0. The minimum atomic E-state index is -1.51. The van der Waals surface area contributed by atoms with Crippen molar-refractivity contribution in [3.8, 4) is 0 Å². The number of hydrogen-bond acceptors (Lipinski definition) is 3. The van der Waals surface area contributed by atoms with Crippen LogP contribution < -0.4 is 0 Å². The average molecular weight is 208 g/mol. The summed E-state index contributed by atoms with van der Waals surface area (Å²) in [6.45, 7) is -1.43. The highest BCUT2D eigenvalue weighted by molar-refractivity contribution is 5.69. The summed E-state index contributed by atoms with van der Waals surface area (Å²) in [5.74, 6) is 0. The van der Waals surface area contributed by atoms with E-state index in [1.807, 2.05) is 0 Å². The molecular formula is C9H14F2O3. The average Bonchev–Trinajstić information content (AvgIpc) is 2.17. The number of halogens is 2. The van der Waals surface area contributed by atoms with Crippen LogP contribution in [-0.2, 0) is 14.3 Å². The van der Waals surface area contributed by atoms with Gasteiger partial charge in [0.05, 0.1) is 12.2 Å². The van der Waals surface area contributed by atoms with E-state index in [-0.39, 0.29) is 12.2 Å². The summed E-state index contributed by atoms with van der Waals surface area (Å²) in [5, 5.41) is 0. The lowest BCUT2D eigenvalue weighted by Gasteiger charge is -2.29. The first-order chi connectivity index (χ1) is 6.74. The van der Waals surface area contributed by atoms with Gasteiger partial charge in [-0.25, -0.2) is 4.39 Å². The van der Waals surface area contributed by atoms with Gasteiger partial charge in [0.25, 0.3) is 0 Å². The predicted molar refractivity (Wildman–Crippen MR) is 45.2 cm³/mol. The van der Waals surface area contributed by atoms with E-state index in [1.165, 1.54) is 0 Å². The fourth-order valence-corrected chi connectivity index (χ4v) is 1.70. The van der Waals surface area contributed by atoms with Gasteiger partial charge in [0.1, 0.15) is 6.61 Å². The Bertz CT molecular complexity index is 185. The number of rotatable bonds is 5. The van der Waals surface area contributed by atoms with E-state index in [0.29, 0.717) is 12.8 Å². The van der Waals surface area contributed by atoms with Crippen LogP contribution in [0.15, 0.2) is 0 Å². The van der Waals surface area contributed by atoms with Gasteiger partial charge >= 0.3 is 6.04 Å². The normalized spacial score (nSPS) is 27.6. The van der Waals surface area contributed by atoms with Crippen molar-refractivity contribution in [3.63, 3.8) is 0 Å². The molecule has 82 valence electrons. The lowest BCUT2D eigenvalue weighted by molar-refractivity contribution is -0.146. The molecule has 5 heteroatoms. The third-order valence-corrected chi connectivity index (χ3v) is 2.33. The molecule has 0 amide bonds. The third kappa shape index (κ3) is 3.67. The Hall–Kier alpha value is -0.550. The van der Waals surface area contributed by atoms with E-state index < -0.39 is 19.5 Å². The second-order valence-electron chi connectivity index (χ2n) is 3.30. The summed E-state index contributed by atoms with van der Waals surface area (Å²) < 4.78 is 33.6. The highest BCUT2D eigenvalue weighted by atomic mass is 19.1. The van der Waals surface area contributed by atoms with E-state index >= 15 is 0 Å². The molecule has 0 N–H and O–H groups in total. The van der Waals surface area contributed by atoms with E-state index in [1.54, 1.807) is 0 Å². The maximum Gasteiger partial charge on any atom is 0.326 e. The molecule has 0 heterocycles. The molecule has 14 heavy (non-hydrogen) atoms. The Morgan fingerprint density at radius 2 is 1.79 bits per heavy atom. The first-order valence-corrected chi connectivity index (χ1v) is 4.71. The van der Waals surface area contributed by atoms with Gasteiger partial charge in [-0.2, -0.15) is 4.39 Å². The lowest BCUT2D eigenvalue weighted by atomic mass is 9.94. The first kappa shape index (κ1) is 11.5. The molecule has 3 nitrogen and oxygen atoms in total. The zero-order chi connectivity index (χ0) is 10.4. The molecule has 1 saturated carbocycles. The molecule has 2 atom stereocenters. The van der Waals surface area contributed by atoms with Gasteiger partial charge in [-0.3, -0.25) is 4.79 Å². The minimum Gasteiger partial charge on any atom is -0.365 e. The number of ether oxygens (including phenoxy) is 2. The van der Waals surface area contributed by atoms with Crippen LogP contribution in [0.5, 0.6) is 0 Å². The van der Waals surface area contributed by atoms with Crippen molar-refractivity contribution in [2.24, 2.45) is 0 Å². The lowest BCUT2D eigenvalue weighted by Crippen LogP contribution is -2.35. The Labute approximate surface area is 81.4 Å². The predicted octanol–water partition coefficient (Wildman–Crippen LogP) is 1.75. The Balaban J connectivity index is 2.33. The van der Waals surface area contributed by atoms with Crippen LogP contribution in [0.4, 0.5) is 8.78 Å². The molecule has 0 bridgehead atoms. The fourth-order valence-electron chi connectivity index (χ4n) is 1.70. The van der Waals surface area contributed by atoms with Gasteiger partial charge in [-0.15, -0.1) is 0 Å². The van der Waals surface area contributed by atoms with Crippen LogP contribution in [0.3, 0.4) is 0 Å². The smallest absolute Gasteiger partial charge is 0.326 e. The topological polar surface area (TPSA) is 35.5 Å². The van der Waals surface area contributed by atoms with Gasteiger partial charge in [-0.1, -0.05) is 12.8 Å². The van der Waals surface area contributed by atoms with Gasteiger partial charge < -0.3 is 9.47 Å². The second kappa shape index (κ2) is 6.03. The molecular weight excluding hydrogens is 194 g/mol. The van der Waals surface area contributed by atoms with Crippen molar-refractivity contribution in [1.29, 1.82) is 0 Å². The summed E-state index contributed by atoms with van der Waals surface area (Å²) in [5.41, 5.74) is 0. The molecule has 2 unspecified atom stereocenters. The largest absolute Gasteiger partial charge is 0.365 e. The van der Waals surface area contributed by atoms with Crippen LogP contribution in [0.25, 0.3) is 0 Å². The molecule has 0 spiro atoms. The zero-order valence-electron chi connectivity index (χ0n) is 7.88. The maximum atomic E-state index is 11.9. The van der Waals surface area contributed by atoms with Gasteiger partial charge in [0, 0.05) is 0 Å². The number of carbonyl (C=O) groups is 1. The minimum absolute atomic E-state index is 0.340. The van der Waals surface area contributed by atoms with Gasteiger partial charge in [0.15, 0.2) is 6.86 Å². The summed E-state index contributed by atoms with van der Waals surface area (Å²) in [6.07, 6.45) is 2.60. The monoisotopic (exact) mass is 208 g/mol. The highest BCUT2D eigenvalue weighted by Crippen LogP contribution is 2.23. The molecule has 0 aromatic rings. The van der Waals surface area contributed by atoms with Crippen molar-refractivity contribution < 1.29 is 23.0 Å². The highest BCUT2D eigenvalue weighted by Gasteiger charge is 2.27. The van der Waals surface area contributed by atoms with E-state index in [0.717, 1.165) is 12.8 Å². The fraction of sp³-hybridized carbons (Fsp3) is 0.889. The second-order valence-corrected chi connectivity index (χ2v) is 3.30. The Morgan fingerprint density at radius 1 is 1.21 bits per heavy atom. The maximum absolute atomic E-state index is 11.9. The number of carbonyl (C=O) groups excluding carboxylic acids is 1. The molecule has 0 aromatic heterocycles. The van der Waals surface area contributed by atoms with Gasteiger partial charge in [0.2, 0.25) is 0 Å². The van der Waals surface area contributed by atoms with Crippen molar-refractivity contribution in [2.45, 2.75) is 37.9 Å². The van der Waals surface area contributed by atoms with Crippen molar-refractivity contribution >= 4 is 6.04 Å². The van der Waals surface area contributed by atoms with Crippen molar-refractivity contribution in [3.05, 3.63) is 0 Å². The third-order valence-electron chi connectivity index (χ3n) is 2.33. The quantitative estimate of drug-likeness (QED) is 0.646. The summed E-state index contributed by atoms with van der Waals surface area (Å²) in [6, 6.07) is -1.51. The van der Waals surface area contributed by atoms with Crippen LogP contribution in [0.1, 0.15) is 25.7 Å². The Kier molecular flexibility index (Phi) is 4.97. The van der Waals surface area contributed by atoms with Crippen LogP contribution in [0.2, 0.25) is 0 Å². The van der Waals surface area contributed by atoms with Crippen molar-refractivity contribution in [1.82, 2.24) is 0 Å². The molecule has 1 aliphatic carbocycles. The summed E-state index contributed by atoms with van der Waals surface area (Å²) in [4.78, 5) is 10.0. The van der Waals surface area contributed by atoms with Gasteiger partial charge in [-0.05, 0) is 12.8 Å². The first-order valence-electron chi connectivity index (χ1n) is 4.71.